The average Bonchev–Trinajstić information content (AvgIpc) is 2.56. The first-order valence-electron chi connectivity index (χ1n) is 7.03. The van der Waals surface area contributed by atoms with Gasteiger partial charge in [0.05, 0.1) is 12.6 Å². The van der Waals surface area contributed by atoms with Crippen molar-refractivity contribution in [1.29, 1.82) is 0 Å². The van der Waals surface area contributed by atoms with Crippen LogP contribution >= 0.6 is 11.6 Å². The van der Waals surface area contributed by atoms with Crippen molar-refractivity contribution >= 4 is 40.0 Å². The molecule has 24 heavy (non-hydrogen) atoms. The van der Waals surface area contributed by atoms with Crippen LogP contribution in [0, 0.1) is 5.82 Å². The van der Waals surface area contributed by atoms with Gasteiger partial charge in [-0.3, -0.25) is 5.32 Å². The molecule has 3 rings (SSSR count). The van der Waals surface area contributed by atoms with Crippen LogP contribution in [0.1, 0.15) is 0 Å². The second-order valence-electron chi connectivity index (χ2n) is 4.96. The summed E-state index contributed by atoms with van der Waals surface area (Å²) in [7, 11) is 1.47. The highest BCUT2D eigenvalue weighted by Crippen LogP contribution is 2.28. The minimum absolute atomic E-state index is 0.289. The Morgan fingerprint density at radius 3 is 2.58 bits per heavy atom. The molecule has 0 radical (unpaired) electrons. The Hall–Kier alpha value is -2.86. The minimum Gasteiger partial charge on any atom is -0.496 e. The van der Waals surface area contributed by atoms with E-state index < -0.39 is 6.03 Å². The van der Waals surface area contributed by atoms with Crippen LogP contribution in [0.15, 0.2) is 48.5 Å². The lowest BCUT2D eigenvalue weighted by atomic mass is 10.2. The zero-order chi connectivity index (χ0) is 17.1. The lowest BCUT2D eigenvalue weighted by Gasteiger charge is -2.10. The molecule has 1 aromatic heterocycles. The van der Waals surface area contributed by atoms with Gasteiger partial charge in [-0.05, 0) is 42.5 Å². The maximum absolute atomic E-state index is 13.4. The molecular formula is C17H13ClFN3O2. The SMILES string of the molecule is COc1cc(NC(=O)Nc2ccc(Cl)cc2)nc2ccc(F)cc12. The lowest BCUT2D eigenvalue weighted by Crippen LogP contribution is -2.20. The number of halogens is 2. The minimum atomic E-state index is -0.465. The van der Waals surface area contributed by atoms with Crippen LogP contribution in [0.5, 0.6) is 5.75 Å². The average molecular weight is 346 g/mol. The van der Waals surface area contributed by atoms with Gasteiger partial charge in [0.25, 0.3) is 0 Å². The van der Waals surface area contributed by atoms with Crippen LogP contribution in [0.25, 0.3) is 10.9 Å². The van der Waals surface area contributed by atoms with Crippen LogP contribution in [-0.2, 0) is 0 Å². The standard InChI is InChI=1S/C17H13ClFN3O2/c1-24-15-9-16(21-14-7-4-11(19)8-13(14)15)22-17(23)20-12-5-2-10(18)3-6-12/h2-9H,1H3,(H2,20,21,22,23). The summed E-state index contributed by atoms with van der Waals surface area (Å²) in [5, 5.41) is 6.39. The quantitative estimate of drug-likeness (QED) is 0.724. The van der Waals surface area contributed by atoms with Crippen LogP contribution in [0.2, 0.25) is 5.02 Å². The number of carbonyl (C=O) groups excluding carboxylic acids is 1. The second-order valence-corrected chi connectivity index (χ2v) is 5.39. The molecule has 122 valence electrons. The third-order valence-electron chi connectivity index (χ3n) is 3.30. The van der Waals surface area contributed by atoms with E-state index in [1.807, 2.05) is 0 Å². The Morgan fingerprint density at radius 2 is 1.88 bits per heavy atom. The molecule has 0 aliphatic carbocycles. The number of benzene rings is 2. The molecule has 0 atom stereocenters. The van der Waals surface area contributed by atoms with Gasteiger partial charge in [-0.15, -0.1) is 0 Å². The van der Waals surface area contributed by atoms with Crippen molar-refractivity contribution in [2.24, 2.45) is 0 Å². The normalized spacial score (nSPS) is 10.5. The van der Waals surface area contributed by atoms with Gasteiger partial charge in [0.2, 0.25) is 0 Å². The Bertz CT molecular complexity index is 900. The van der Waals surface area contributed by atoms with Crippen molar-refractivity contribution in [2.75, 3.05) is 17.7 Å². The molecule has 0 aliphatic rings. The number of pyridine rings is 1. The highest BCUT2D eigenvalue weighted by molar-refractivity contribution is 6.30. The molecule has 3 aromatic rings. The summed E-state index contributed by atoms with van der Waals surface area (Å²) < 4.78 is 18.6. The van der Waals surface area contributed by atoms with Crippen molar-refractivity contribution in [3.8, 4) is 5.75 Å². The van der Waals surface area contributed by atoms with Crippen molar-refractivity contribution in [3.05, 3.63) is 59.4 Å². The fourth-order valence-electron chi connectivity index (χ4n) is 2.21. The fraction of sp³-hybridized carbons (Fsp3) is 0.0588. The molecule has 0 bridgehead atoms. The maximum Gasteiger partial charge on any atom is 0.324 e. The van der Waals surface area contributed by atoms with E-state index in [4.69, 9.17) is 16.3 Å². The molecular weight excluding hydrogens is 333 g/mol. The molecule has 0 spiro atoms. The molecule has 1 heterocycles. The fourth-order valence-corrected chi connectivity index (χ4v) is 2.34. The topological polar surface area (TPSA) is 63.2 Å². The van der Waals surface area contributed by atoms with Gasteiger partial charge in [0, 0.05) is 22.2 Å². The van der Waals surface area contributed by atoms with Crippen LogP contribution < -0.4 is 15.4 Å². The van der Waals surface area contributed by atoms with E-state index >= 15 is 0 Å². The molecule has 0 aliphatic heterocycles. The largest absolute Gasteiger partial charge is 0.496 e. The van der Waals surface area contributed by atoms with Crippen molar-refractivity contribution in [1.82, 2.24) is 4.98 Å². The molecule has 2 amide bonds. The Labute approximate surface area is 142 Å². The summed E-state index contributed by atoms with van der Waals surface area (Å²) in [6, 6.07) is 11.9. The molecule has 0 unspecified atom stereocenters. The Balaban J connectivity index is 1.82. The summed E-state index contributed by atoms with van der Waals surface area (Å²) >= 11 is 5.80. The Kier molecular flexibility index (Phi) is 4.48. The molecule has 2 N–H and O–H groups in total. The molecule has 2 aromatic carbocycles. The first kappa shape index (κ1) is 16.0. The summed E-state index contributed by atoms with van der Waals surface area (Å²) in [5.41, 5.74) is 1.10. The number of amides is 2. The van der Waals surface area contributed by atoms with Crippen molar-refractivity contribution < 1.29 is 13.9 Å². The molecule has 0 fully saturated rings. The molecule has 0 saturated carbocycles. The van der Waals surface area contributed by atoms with Gasteiger partial charge >= 0.3 is 6.03 Å². The highest BCUT2D eigenvalue weighted by atomic mass is 35.5. The van der Waals surface area contributed by atoms with Crippen molar-refractivity contribution in [2.45, 2.75) is 0 Å². The van der Waals surface area contributed by atoms with Crippen LogP contribution in [0.3, 0.4) is 0 Å². The van der Waals surface area contributed by atoms with Gasteiger partial charge in [-0.1, -0.05) is 11.6 Å². The molecule has 5 nitrogen and oxygen atoms in total. The number of nitrogens with zero attached hydrogens (tertiary/aromatic N) is 1. The molecule has 0 saturated heterocycles. The smallest absolute Gasteiger partial charge is 0.324 e. The summed E-state index contributed by atoms with van der Waals surface area (Å²) in [6.45, 7) is 0. The first-order valence-corrected chi connectivity index (χ1v) is 7.41. The van der Waals surface area contributed by atoms with Gasteiger partial charge in [-0.25, -0.2) is 14.2 Å². The number of anilines is 2. The van der Waals surface area contributed by atoms with Gasteiger partial charge in [0.15, 0.2) is 0 Å². The number of hydrogen-bond acceptors (Lipinski definition) is 3. The van der Waals surface area contributed by atoms with Crippen LogP contribution in [0.4, 0.5) is 20.7 Å². The zero-order valence-electron chi connectivity index (χ0n) is 12.6. The third-order valence-corrected chi connectivity index (χ3v) is 3.55. The zero-order valence-corrected chi connectivity index (χ0v) is 13.4. The van der Waals surface area contributed by atoms with E-state index in [-0.39, 0.29) is 11.6 Å². The number of rotatable bonds is 3. The van der Waals surface area contributed by atoms with E-state index in [0.717, 1.165) is 0 Å². The summed E-state index contributed by atoms with van der Waals surface area (Å²) in [5.74, 6) is 0.322. The number of fused-ring (bicyclic) bond motifs is 1. The number of aromatic nitrogens is 1. The summed E-state index contributed by atoms with van der Waals surface area (Å²) in [6.07, 6.45) is 0. The van der Waals surface area contributed by atoms with Gasteiger partial charge in [-0.2, -0.15) is 0 Å². The van der Waals surface area contributed by atoms with Crippen molar-refractivity contribution in [3.63, 3.8) is 0 Å². The van der Waals surface area contributed by atoms with Crippen LogP contribution in [-0.4, -0.2) is 18.1 Å². The number of carbonyl (C=O) groups is 1. The summed E-state index contributed by atoms with van der Waals surface area (Å²) in [4.78, 5) is 16.3. The highest BCUT2D eigenvalue weighted by Gasteiger charge is 2.10. The third kappa shape index (κ3) is 3.55. The number of hydrogen-bond donors (Lipinski definition) is 2. The van der Waals surface area contributed by atoms with E-state index in [2.05, 4.69) is 15.6 Å². The number of methoxy groups -OCH3 is 1. The number of urea groups is 1. The first-order chi connectivity index (χ1) is 11.5. The number of ether oxygens (including phenoxy) is 1. The van der Waals surface area contributed by atoms with E-state index in [0.29, 0.717) is 27.4 Å². The maximum atomic E-state index is 13.4. The molecule has 7 heteroatoms. The number of nitrogens with one attached hydrogen (secondary N) is 2. The second kappa shape index (κ2) is 6.72. The van der Waals surface area contributed by atoms with Gasteiger partial charge < -0.3 is 10.1 Å². The van der Waals surface area contributed by atoms with E-state index in [1.165, 1.54) is 31.4 Å². The lowest BCUT2D eigenvalue weighted by molar-refractivity contribution is 0.262. The predicted molar refractivity (Wildman–Crippen MR) is 92.3 cm³/mol. The predicted octanol–water partition coefficient (Wildman–Crippen LogP) is 4.68. The van der Waals surface area contributed by atoms with E-state index in [1.54, 1.807) is 24.3 Å². The Morgan fingerprint density at radius 1 is 1.12 bits per heavy atom. The van der Waals surface area contributed by atoms with E-state index in [9.17, 15) is 9.18 Å². The van der Waals surface area contributed by atoms with Gasteiger partial charge in [0.1, 0.15) is 17.4 Å². The monoisotopic (exact) mass is 345 g/mol.